The summed E-state index contributed by atoms with van der Waals surface area (Å²) in [6.45, 7) is 2.17. The number of aliphatic carboxylic acids is 1. The molecular formula is C23H38O4. The summed E-state index contributed by atoms with van der Waals surface area (Å²) in [5.41, 5.74) is -0.533. The van der Waals surface area contributed by atoms with Crippen molar-refractivity contribution in [3.63, 3.8) is 0 Å². The quantitative estimate of drug-likeness (QED) is 0.318. The Morgan fingerprint density at radius 3 is 2.56 bits per heavy atom. The third-order valence-corrected chi connectivity index (χ3v) is 6.47. The summed E-state index contributed by atoms with van der Waals surface area (Å²) in [5, 5.41) is 19.6. The van der Waals surface area contributed by atoms with Gasteiger partial charge in [-0.1, -0.05) is 51.2 Å². The van der Waals surface area contributed by atoms with Crippen molar-refractivity contribution in [1.82, 2.24) is 0 Å². The Kier molecular flexibility index (Phi) is 9.01. The number of allylic oxidation sites excluding steroid dienone is 1. The zero-order chi connectivity index (χ0) is 19.7. The number of hydrogen-bond donors (Lipinski definition) is 2. The number of carboxylic acid groups (broad SMARTS) is 1. The van der Waals surface area contributed by atoms with Crippen LogP contribution in [0.1, 0.15) is 96.8 Å². The van der Waals surface area contributed by atoms with Crippen LogP contribution in [0.25, 0.3) is 0 Å². The van der Waals surface area contributed by atoms with E-state index >= 15 is 0 Å². The van der Waals surface area contributed by atoms with E-state index in [4.69, 9.17) is 5.11 Å². The SMILES string of the molecule is CCCCC(O)(CC=C[C@H]1CCC(=O)[C@@H]1CCCCCCC(=O)O)C1CC1. The Hall–Kier alpha value is -1.16. The van der Waals surface area contributed by atoms with Gasteiger partial charge in [-0.25, -0.2) is 0 Å². The second-order valence-electron chi connectivity index (χ2n) is 8.74. The first kappa shape index (κ1) is 22.1. The Morgan fingerprint density at radius 2 is 1.89 bits per heavy atom. The number of ketones is 1. The van der Waals surface area contributed by atoms with Crippen LogP contribution < -0.4 is 0 Å². The lowest BCUT2D eigenvalue weighted by molar-refractivity contribution is -0.137. The molecule has 0 aliphatic heterocycles. The summed E-state index contributed by atoms with van der Waals surface area (Å²) in [6, 6.07) is 0. The van der Waals surface area contributed by atoms with Crippen LogP contribution in [0.5, 0.6) is 0 Å². The normalized spacial score (nSPS) is 25.2. The van der Waals surface area contributed by atoms with Gasteiger partial charge >= 0.3 is 5.97 Å². The molecule has 0 aromatic heterocycles. The predicted octanol–water partition coefficient (Wildman–Crippen LogP) is 5.28. The van der Waals surface area contributed by atoms with Crippen LogP contribution in [-0.2, 0) is 9.59 Å². The van der Waals surface area contributed by atoms with Crippen LogP contribution >= 0.6 is 0 Å². The molecule has 2 aliphatic carbocycles. The number of carbonyl (C=O) groups is 2. The molecule has 0 aromatic carbocycles. The Bertz CT molecular complexity index is 509. The minimum atomic E-state index is -0.726. The third-order valence-electron chi connectivity index (χ3n) is 6.47. The first-order valence-corrected chi connectivity index (χ1v) is 11.1. The molecule has 0 radical (unpaired) electrons. The zero-order valence-corrected chi connectivity index (χ0v) is 17.0. The maximum atomic E-state index is 12.3. The van der Waals surface area contributed by atoms with Crippen molar-refractivity contribution in [3.8, 4) is 0 Å². The summed E-state index contributed by atoms with van der Waals surface area (Å²) in [6.07, 6.45) is 16.9. The number of rotatable bonds is 14. The van der Waals surface area contributed by atoms with Crippen LogP contribution in [0.3, 0.4) is 0 Å². The van der Waals surface area contributed by atoms with Crippen LogP contribution in [0.15, 0.2) is 12.2 Å². The second-order valence-corrected chi connectivity index (χ2v) is 8.74. The average Bonchev–Trinajstić information content (AvgIpc) is 3.43. The molecule has 2 rings (SSSR count). The fourth-order valence-electron chi connectivity index (χ4n) is 4.56. The Labute approximate surface area is 164 Å². The van der Waals surface area contributed by atoms with Gasteiger partial charge in [-0.15, -0.1) is 0 Å². The second kappa shape index (κ2) is 11.0. The van der Waals surface area contributed by atoms with E-state index in [9.17, 15) is 14.7 Å². The maximum Gasteiger partial charge on any atom is 0.303 e. The van der Waals surface area contributed by atoms with Crippen LogP contribution in [0.4, 0.5) is 0 Å². The molecule has 0 amide bonds. The van der Waals surface area contributed by atoms with Crippen molar-refractivity contribution in [2.24, 2.45) is 17.8 Å². The monoisotopic (exact) mass is 378 g/mol. The van der Waals surface area contributed by atoms with Gasteiger partial charge in [-0.05, 0) is 56.8 Å². The van der Waals surface area contributed by atoms with Crippen molar-refractivity contribution in [2.75, 3.05) is 0 Å². The molecule has 0 bridgehead atoms. The number of unbranched alkanes of at least 4 members (excludes halogenated alkanes) is 4. The first-order chi connectivity index (χ1) is 13.0. The van der Waals surface area contributed by atoms with Crippen LogP contribution in [0, 0.1) is 17.8 Å². The maximum absolute atomic E-state index is 12.3. The van der Waals surface area contributed by atoms with Crippen LogP contribution in [0.2, 0.25) is 0 Å². The molecule has 2 N–H and O–H groups in total. The summed E-state index contributed by atoms with van der Waals surface area (Å²) >= 11 is 0. The fourth-order valence-corrected chi connectivity index (χ4v) is 4.56. The summed E-state index contributed by atoms with van der Waals surface area (Å²) in [4.78, 5) is 22.8. The minimum Gasteiger partial charge on any atom is -0.481 e. The van der Waals surface area contributed by atoms with E-state index in [1.54, 1.807) is 0 Å². The van der Waals surface area contributed by atoms with E-state index in [0.29, 0.717) is 24.0 Å². The third kappa shape index (κ3) is 7.40. The number of carbonyl (C=O) groups excluding carboxylic acids is 1. The largest absolute Gasteiger partial charge is 0.481 e. The molecule has 0 aromatic rings. The Balaban J connectivity index is 1.75. The van der Waals surface area contributed by atoms with Crippen molar-refractivity contribution in [1.29, 1.82) is 0 Å². The topological polar surface area (TPSA) is 74.6 Å². The van der Waals surface area contributed by atoms with Gasteiger partial charge in [-0.2, -0.15) is 0 Å². The molecule has 4 heteroatoms. The highest BCUT2D eigenvalue weighted by atomic mass is 16.4. The highest BCUT2D eigenvalue weighted by molar-refractivity contribution is 5.83. The summed E-state index contributed by atoms with van der Waals surface area (Å²) < 4.78 is 0. The van der Waals surface area contributed by atoms with E-state index in [2.05, 4.69) is 19.1 Å². The van der Waals surface area contributed by atoms with E-state index in [0.717, 1.165) is 77.0 Å². The molecule has 154 valence electrons. The van der Waals surface area contributed by atoms with Gasteiger partial charge in [0.1, 0.15) is 5.78 Å². The van der Waals surface area contributed by atoms with E-state index in [1.165, 1.54) is 0 Å². The van der Waals surface area contributed by atoms with Gasteiger partial charge in [-0.3, -0.25) is 9.59 Å². The predicted molar refractivity (Wildman–Crippen MR) is 108 cm³/mol. The van der Waals surface area contributed by atoms with Gasteiger partial charge in [0.2, 0.25) is 0 Å². The highest BCUT2D eigenvalue weighted by Gasteiger charge is 2.42. The molecule has 0 saturated heterocycles. The molecule has 2 aliphatic rings. The van der Waals surface area contributed by atoms with Gasteiger partial charge in [0.15, 0.2) is 0 Å². The average molecular weight is 379 g/mol. The van der Waals surface area contributed by atoms with Crippen molar-refractivity contribution < 1.29 is 19.8 Å². The van der Waals surface area contributed by atoms with Crippen LogP contribution in [-0.4, -0.2) is 27.6 Å². The molecular weight excluding hydrogens is 340 g/mol. The van der Waals surface area contributed by atoms with Crippen molar-refractivity contribution in [3.05, 3.63) is 12.2 Å². The minimum absolute atomic E-state index is 0.130. The molecule has 2 fully saturated rings. The fraction of sp³-hybridized carbons (Fsp3) is 0.826. The number of carboxylic acids is 1. The van der Waals surface area contributed by atoms with Gasteiger partial charge in [0, 0.05) is 18.8 Å². The summed E-state index contributed by atoms with van der Waals surface area (Å²) in [5.74, 6) is 0.590. The molecule has 1 unspecified atom stereocenters. The molecule has 2 saturated carbocycles. The lowest BCUT2D eigenvalue weighted by Gasteiger charge is -2.27. The Morgan fingerprint density at radius 1 is 1.15 bits per heavy atom. The molecule has 0 heterocycles. The molecule has 4 nitrogen and oxygen atoms in total. The smallest absolute Gasteiger partial charge is 0.303 e. The summed E-state index contributed by atoms with van der Waals surface area (Å²) in [7, 11) is 0. The van der Waals surface area contributed by atoms with E-state index in [1.807, 2.05) is 0 Å². The zero-order valence-electron chi connectivity index (χ0n) is 17.0. The van der Waals surface area contributed by atoms with Gasteiger partial charge in [0.25, 0.3) is 0 Å². The first-order valence-electron chi connectivity index (χ1n) is 11.1. The van der Waals surface area contributed by atoms with Crippen molar-refractivity contribution in [2.45, 2.75) is 102 Å². The highest BCUT2D eigenvalue weighted by Crippen LogP contribution is 2.44. The number of Topliss-reactive ketones (excluding diaryl/α,β-unsaturated/α-hetero) is 1. The van der Waals surface area contributed by atoms with Gasteiger partial charge < -0.3 is 10.2 Å². The lowest BCUT2D eigenvalue weighted by Crippen LogP contribution is -2.30. The lowest BCUT2D eigenvalue weighted by atomic mass is 9.86. The molecule has 3 atom stereocenters. The van der Waals surface area contributed by atoms with E-state index < -0.39 is 11.6 Å². The number of aliphatic hydroxyl groups is 1. The molecule has 0 spiro atoms. The number of hydrogen-bond acceptors (Lipinski definition) is 3. The molecule has 27 heavy (non-hydrogen) atoms. The van der Waals surface area contributed by atoms with Crippen molar-refractivity contribution >= 4 is 11.8 Å². The van der Waals surface area contributed by atoms with E-state index in [-0.39, 0.29) is 12.3 Å². The standard InChI is InChI=1S/C23H38O4/c1-2-3-16-23(27,19-13-14-19)17-8-9-18-12-15-21(24)20(18)10-6-4-5-7-11-22(25)26/h8-9,18-20,27H,2-7,10-17H2,1H3,(H,25,26)/t18-,20+,23?/m0/s1. The van der Waals surface area contributed by atoms with Gasteiger partial charge in [0.05, 0.1) is 5.60 Å².